The maximum Gasteiger partial charge on any atom is 0.302 e. The third-order valence-corrected chi connectivity index (χ3v) is 5.10. The molecule has 1 aliphatic carbocycles. The van der Waals surface area contributed by atoms with Crippen molar-refractivity contribution in [1.82, 2.24) is 0 Å². The highest BCUT2D eigenvalue weighted by Crippen LogP contribution is 2.53. The number of fused-ring (bicyclic) bond motifs is 2. The van der Waals surface area contributed by atoms with Crippen LogP contribution < -0.4 is 4.74 Å². The molecule has 0 saturated heterocycles. The number of hydrogen-bond donors (Lipinski definition) is 3. The molecule has 0 saturated carbocycles. The van der Waals surface area contributed by atoms with Gasteiger partial charge in [-0.3, -0.25) is 9.59 Å². The zero-order valence-electron chi connectivity index (χ0n) is 15.6. The molecule has 3 N–H and O–H groups in total. The average molecular weight is 374 g/mol. The predicted molar refractivity (Wildman–Crippen MR) is 97.4 cm³/mol. The quantitative estimate of drug-likeness (QED) is 0.559. The van der Waals surface area contributed by atoms with Crippen molar-refractivity contribution in [1.29, 1.82) is 0 Å². The first-order valence-electron chi connectivity index (χ1n) is 8.57. The van der Waals surface area contributed by atoms with E-state index in [1.165, 1.54) is 21.0 Å². The number of ether oxygens (including phenoxy) is 2. The molecule has 144 valence electrons. The molecule has 7 heteroatoms. The number of phenols is 2. The molecule has 0 heterocycles. The van der Waals surface area contributed by atoms with Gasteiger partial charge in [0.05, 0.1) is 29.6 Å². The highest BCUT2D eigenvalue weighted by Gasteiger charge is 2.49. The van der Waals surface area contributed by atoms with Crippen LogP contribution in [0.25, 0.3) is 10.8 Å². The summed E-state index contributed by atoms with van der Waals surface area (Å²) >= 11 is 0. The number of hydrogen-bond acceptors (Lipinski definition) is 7. The van der Waals surface area contributed by atoms with Gasteiger partial charge < -0.3 is 24.8 Å². The van der Waals surface area contributed by atoms with Crippen LogP contribution in [0.1, 0.15) is 49.0 Å². The molecular formula is C20H22O7. The fraction of sp³-hybridized carbons (Fsp3) is 0.400. The van der Waals surface area contributed by atoms with Crippen LogP contribution in [0, 0.1) is 0 Å². The number of esters is 1. The number of aromatic hydroxyl groups is 2. The number of aliphatic hydroxyl groups is 1. The topological polar surface area (TPSA) is 113 Å². The Bertz CT molecular complexity index is 945. The first-order chi connectivity index (χ1) is 12.6. The monoisotopic (exact) mass is 374 g/mol. The molecule has 0 bridgehead atoms. The molecule has 0 radical (unpaired) electrons. The Balaban J connectivity index is 2.40. The Kier molecular flexibility index (Phi) is 4.51. The van der Waals surface area contributed by atoms with E-state index in [9.17, 15) is 24.9 Å². The number of phenolic OH excluding ortho intramolecular Hbond substituents is 2. The van der Waals surface area contributed by atoms with Crippen LogP contribution in [0.15, 0.2) is 18.2 Å². The molecule has 2 aromatic carbocycles. The van der Waals surface area contributed by atoms with E-state index in [2.05, 4.69) is 0 Å². The predicted octanol–water partition coefficient (Wildman–Crippen LogP) is 2.63. The number of carbonyl (C=O) groups excluding carboxylic acids is 2. The summed E-state index contributed by atoms with van der Waals surface area (Å²) in [5, 5.41) is 33.2. The Labute approximate surface area is 156 Å². The van der Waals surface area contributed by atoms with Gasteiger partial charge in [0.15, 0.2) is 5.78 Å². The van der Waals surface area contributed by atoms with E-state index in [4.69, 9.17) is 9.47 Å². The Morgan fingerprint density at radius 3 is 2.56 bits per heavy atom. The van der Waals surface area contributed by atoms with E-state index in [0.717, 1.165) is 0 Å². The van der Waals surface area contributed by atoms with Gasteiger partial charge in [-0.1, -0.05) is 12.1 Å². The second-order valence-electron chi connectivity index (χ2n) is 7.12. The molecule has 27 heavy (non-hydrogen) atoms. The van der Waals surface area contributed by atoms with Gasteiger partial charge in [0.2, 0.25) is 0 Å². The smallest absolute Gasteiger partial charge is 0.302 e. The zero-order chi connectivity index (χ0) is 20.1. The van der Waals surface area contributed by atoms with Gasteiger partial charge in [0.1, 0.15) is 23.4 Å². The van der Waals surface area contributed by atoms with Crippen molar-refractivity contribution >= 4 is 22.5 Å². The van der Waals surface area contributed by atoms with Crippen LogP contribution in [0.4, 0.5) is 0 Å². The van der Waals surface area contributed by atoms with Crippen LogP contribution in [-0.4, -0.2) is 45.9 Å². The number of methoxy groups -OCH3 is 1. The molecule has 2 aromatic rings. The first kappa shape index (κ1) is 19.0. The van der Waals surface area contributed by atoms with Gasteiger partial charge in [0, 0.05) is 24.3 Å². The van der Waals surface area contributed by atoms with Gasteiger partial charge in [-0.05, 0) is 19.9 Å². The van der Waals surface area contributed by atoms with Crippen molar-refractivity contribution in [3.05, 3.63) is 29.3 Å². The van der Waals surface area contributed by atoms with Gasteiger partial charge in [-0.2, -0.15) is 0 Å². The van der Waals surface area contributed by atoms with Crippen LogP contribution >= 0.6 is 0 Å². The molecule has 0 aliphatic heterocycles. The Morgan fingerprint density at radius 1 is 1.30 bits per heavy atom. The van der Waals surface area contributed by atoms with Crippen molar-refractivity contribution in [2.45, 2.75) is 44.8 Å². The summed E-state index contributed by atoms with van der Waals surface area (Å²) in [5.74, 6) is -2.25. The van der Waals surface area contributed by atoms with Gasteiger partial charge in [-0.15, -0.1) is 0 Å². The number of ketones is 1. The van der Waals surface area contributed by atoms with E-state index in [1.54, 1.807) is 25.1 Å². The minimum atomic E-state index is -1.57. The molecule has 0 amide bonds. The second-order valence-corrected chi connectivity index (χ2v) is 7.12. The summed E-state index contributed by atoms with van der Waals surface area (Å²) in [4.78, 5) is 24.2. The van der Waals surface area contributed by atoms with Crippen molar-refractivity contribution in [3.63, 3.8) is 0 Å². The van der Waals surface area contributed by atoms with E-state index in [0.29, 0.717) is 5.75 Å². The highest BCUT2D eigenvalue weighted by atomic mass is 16.5. The third kappa shape index (κ3) is 2.88. The van der Waals surface area contributed by atoms with Crippen LogP contribution in [0.3, 0.4) is 0 Å². The molecule has 3 atom stereocenters. The van der Waals surface area contributed by atoms with Crippen molar-refractivity contribution in [2.24, 2.45) is 0 Å². The Hall–Kier alpha value is -2.80. The largest absolute Gasteiger partial charge is 0.507 e. The molecule has 7 nitrogen and oxygen atoms in total. The molecule has 0 fully saturated rings. The lowest BCUT2D eigenvalue weighted by atomic mass is 9.68. The van der Waals surface area contributed by atoms with Crippen LogP contribution in [0.2, 0.25) is 0 Å². The standard InChI is InChI=1S/C20H22O7/c1-9(27-10(2)21)17-16-15(12(22)8-20(17,3)25)19(24)14-11(18(16)23)6-5-7-13(14)26-4/h5-7,9,17,23-25H,8H2,1-4H3. The second kappa shape index (κ2) is 6.42. The normalized spacial score (nSPS) is 23.0. The van der Waals surface area contributed by atoms with Crippen molar-refractivity contribution in [2.75, 3.05) is 7.11 Å². The lowest BCUT2D eigenvalue weighted by Gasteiger charge is -2.41. The number of carbonyl (C=O) groups is 2. The fourth-order valence-electron chi connectivity index (χ4n) is 4.15. The maximum atomic E-state index is 12.7. The summed E-state index contributed by atoms with van der Waals surface area (Å²) in [5.41, 5.74) is -1.58. The van der Waals surface area contributed by atoms with E-state index in [-0.39, 0.29) is 39.8 Å². The van der Waals surface area contributed by atoms with Crippen LogP contribution in [-0.2, 0) is 9.53 Å². The van der Waals surface area contributed by atoms with E-state index < -0.39 is 29.4 Å². The number of Topliss-reactive ketones (excluding diaryl/α,β-unsaturated/α-hetero) is 1. The van der Waals surface area contributed by atoms with Crippen molar-refractivity contribution < 1.29 is 34.4 Å². The van der Waals surface area contributed by atoms with Crippen molar-refractivity contribution in [3.8, 4) is 17.2 Å². The lowest BCUT2D eigenvalue weighted by molar-refractivity contribution is -0.150. The van der Waals surface area contributed by atoms with Crippen LogP contribution in [0.5, 0.6) is 17.2 Å². The molecule has 0 aromatic heterocycles. The maximum absolute atomic E-state index is 12.7. The SMILES string of the molecule is COc1cccc2c(O)c3c(c(O)c12)C(=O)CC(C)(O)C3C(C)OC(C)=O. The summed E-state index contributed by atoms with van der Waals surface area (Å²) in [6, 6.07) is 4.82. The molecule has 1 aliphatic rings. The summed E-state index contributed by atoms with van der Waals surface area (Å²) in [7, 11) is 1.42. The molecule has 3 unspecified atom stereocenters. The average Bonchev–Trinajstić information content (AvgIpc) is 2.56. The number of benzene rings is 2. The Morgan fingerprint density at radius 2 is 1.96 bits per heavy atom. The molecule has 3 rings (SSSR count). The third-order valence-electron chi connectivity index (χ3n) is 5.10. The molecular weight excluding hydrogens is 352 g/mol. The first-order valence-corrected chi connectivity index (χ1v) is 8.57. The fourth-order valence-corrected chi connectivity index (χ4v) is 4.15. The minimum absolute atomic E-state index is 0.0725. The van der Waals surface area contributed by atoms with Gasteiger partial charge in [0.25, 0.3) is 0 Å². The minimum Gasteiger partial charge on any atom is -0.507 e. The summed E-state index contributed by atoms with van der Waals surface area (Å²) in [6.07, 6.45) is -1.12. The van der Waals surface area contributed by atoms with E-state index >= 15 is 0 Å². The summed E-state index contributed by atoms with van der Waals surface area (Å²) in [6.45, 7) is 4.26. The number of rotatable bonds is 3. The van der Waals surface area contributed by atoms with E-state index in [1.807, 2.05) is 0 Å². The summed E-state index contributed by atoms with van der Waals surface area (Å²) < 4.78 is 10.5. The molecule has 0 spiro atoms. The van der Waals surface area contributed by atoms with Gasteiger partial charge >= 0.3 is 5.97 Å². The zero-order valence-corrected chi connectivity index (χ0v) is 15.6. The lowest BCUT2D eigenvalue weighted by Crippen LogP contribution is -2.46. The van der Waals surface area contributed by atoms with Gasteiger partial charge in [-0.25, -0.2) is 0 Å². The highest BCUT2D eigenvalue weighted by molar-refractivity contribution is 6.11.